The van der Waals surface area contributed by atoms with Crippen molar-refractivity contribution < 1.29 is 0 Å². The van der Waals surface area contributed by atoms with Crippen molar-refractivity contribution in [2.45, 2.75) is 64.5 Å². The van der Waals surface area contributed by atoms with E-state index >= 15 is 0 Å². The van der Waals surface area contributed by atoms with Crippen LogP contribution in [0, 0.1) is 0 Å². The van der Waals surface area contributed by atoms with Crippen molar-refractivity contribution in [3.63, 3.8) is 0 Å². The lowest BCUT2D eigenvalue weighted by atomic mass is 10.0. The fourth-order valence-electron chi connectivity index (χ4n) is 3.04. The number of hydrogen-bond acceptors (Lipinski definition) is 2. The van der Waals surface area contributed by atoms with Crippen LogP contribution in [0.1, 0.15) is 51.5 Å². The highest BCUT2D eigenvalue weighted by molar-refractivity contribution is 9.10. The van der Waals surface area contributed by atoms with Crippen molar-refractivity contribution >= 4 is 21.6 Å². The third kappa shape index (κ3) is 3.98. The first-order valence-corrected chi connectivity index (χ1v) is 8.71. The Balaban J connectivity index is 2.29. The summed E-state index contributed by atoms with van der Waals surface area (Å²) in [6, 6.07) is 7.55. The summed E-state index contributed by atoms with van der Waals surface area (Å²) in [6.45, 7) is 5.69. The number of rotatable bonds is 4. The van der Waals surface area contributed by atoms with Crippen LogP contribution in [-0.4, -0.2) is 18.6 Å². The van der Waals surface area contributed by atoms with Crippen molar-refractivity contribution in [1.82, 2.24) is 0 Å². The number of nitrogens with two attached hydrogens (primary N) is 1. The van der Waals surface area contributed by atoms with Crippen LogP contribution in [0.25, 0.3) is 0 Å². The summed E-state index contributed by atoms with van der Waals surface area (Å²) in [5.74, 6) is 0. The van der Waals surface area contributed by atoms with Gasteiger partial charge in [-0.05, 0) is 50.3 Å². The Morgan fingerprint density at radius 1 is 1.35 bits per heavy atom. The molecule has 2 atom stereocenters. The van der Waals surface area contributed by atoms with Crippen LogP contribution in [0.4, 0.5) is 5.69 Å². The molecule has 0 aliphatic carbocycles. The Morgan fingerprint density at radius 3 is 2.90 bits per heavy atom. The van der Waals surface area contributed by atoms with E-state index in [1.807, 2.05) is 0 Å². The van der Waals surface area contributed by atoms with E-state index in [0.717, 1.165) is 17.3 Å². The lowest BCUT2D eigenvalue weighted by Crippen LogP contribution is -2.34. The molecule has 2 N–H and O–H groups in total. The number of benzene rings is 1. The first-order chi connectivity index (χ1) is 9.61. The molecular weight excluding hydrogens is 312 g/mol. The van der Waals surface area contributed by atoms with Crippen LogP contribution >= 0.6 is 15.9 Å². The molecule has 1 aliphatic heterocycles. The molecule has 0 saturated carbocycles. The molecule has 2 nitrogen and oxygen atoms in total. The van der Waals surface area contributed by atoms with Gasteiger partial charge in [0.2, 0.25) is 0 Å². The maximum atomic E-state index is 6.18. The van der Waals surface area contributed by atoms with E-state index in [2.05, 4.69) is 52.9 Å². The molecule has 1 aromatic carbocycles. The minimum absolute atomic E-state index is 0.261. The second-order valence-corrected chi connectivity index (χ2v) is 6.95. The van der Waals surface area contributed by atoms with Gasteiger partial charge in [0.1, 0.15) is 0 Å². The summed E-state index contributed by atoms with van der Waals surface area (Å²) >= 11 is 3.63. The molecule has 1 fully saturated rings. The van der Waals surface area contributed by atoms with Gasteiger partial charge in [-0.2, -0.15) is 0 Å². The molecule has 2 rings (SSSR count). The Bertz CT molecular complexity index is 433. The number of nitrogens with zero attached hydrogens (tertiary/aromatic N) is 1. The fraction of sp³-hybridized carbons (Fsp3) is 0.647. The first-order valence-electron chi connectivity index (χ1n) is 7.92. The summed E-state index contributed by atoms with van der Waals surface area (Å²) in [4.78, 5) is 2.59. The smallest absolute Gasteiger partial charge is 0.0413 e. The molecule has 3 heteroatoms. The van der Waals surface area contributed by atoms with Crippen LogP contribution in [0.3, 0.4) is 0 Å². The molecule has 0 aromatic heterocycles. The van der Waals surface area contributed by atoms with Gasteiger partial charge in [-0.1, -0.05) is 41.8 Å². The Kier molecular flexibility index (Phi) is 5.91. The van der Waals surface area contributed by atoms with Crippen LogP contribution in [0.15, 0.2) is 22.7 Å². The van der Waals surface area contributed by atoms with Gasteiger partial charge in [0.05, 0.1) is 0 Å². The van der Waals surface area contributed by atoms with Gasteiger partial charge in [0, 0.05) is 28.8 Å². The molecule has 20 heavy (non-hydrogen) atoms. The average molecular weight is 339 g/mol. The highest BCUT2D eigenvalue weighted by atomic mass is 79.9. The van der Waals surface area contributed by atoms with Gasteiger partial charge in [-0.15, -0.1) is 0 Å². The average Bonchev–Trinajstić information content (AvgIpc) is 2.65. The van der Waals surface area contributed by atoms with Crippen molar-refractivity contribution in [2.24, 2.45) is 5.73 Å². The molecule has 112 valence electrons. The predicted octanol–water partition coefficient (Wildman–Crippen LogP) is 4.50. The predicted molar refractivity (Wildman–Crippen MR) is 91.4 cm³/mol. The van der Waals surface area contributed by atoms with Crippen molar-refractivity contribution in [2.75, 3.05) is 11.4 Å². The number of anilines is 1. The third-order valence-electron chi connectivity index (χ3n) is 4.42. The van der Waals surface area contributed by atoms with E-state index < -0.39 is 0 Å². The Labute approximate surface area is 131 Å². The summed E-state index contributed by atoms with van der Waals surface area (Å²) in [7, 11) is 0. The number of hydrogen-bond donors (Lipinski definition) is 1. The monoisotopic (exact) mass is 338 g/mol. The molecule has 1 aliphatic rings. The second-order valence-electron chi connectivity index (χ2n) is 6.04. The molecule has 2 unspecified atom stereocenters. The highest BCUT2D eigenvalue weighted by Gasteiger charge is 2.20. The van der Waals surface area contributed by atoms with E-state index in [0.29, 0.717) is 6.04 Å². The Morgan fingerprint density at radius 2 is 2.15 bits per heavy atom. The SMILES string of the molecule is CCC(N)Cc1ccc(Br)cc1N1CCCCCC1C. The summed E-state index contributed by atoms with van der Waals surface area (Å²) < 4.78 is 1.16. The second kappa shape index (κ2) is 7.46. The molecule has 1 aromatic rings. The summed E-state index contributed by atoms with van der Waals surface area (Å²) in [6.07, 6.45) is 7.32. The highest BCUT2D eigenvalue weighted by Crippen LogP contribution is 2.31. The van der Waals surface area contributed by atoms with E-state index in [1.54, 1.807) is 0 Å². The van der Waals surface area contributed by atoms with E-state index in [1.165, 1.54) is 43.5 Å². The van der Waals surface area contributed by atoms with Crippen molar-refractivity contribution in [3.05, 3.63) is 28.2 Å². The maximum Gasteiger partial charge on any atom is 0.0413 e. The molecule has 0 spiro atoms. The normalized spacial score (nSPS) is 21.6. The number of halogens is 1. The van der Waals surface area contributed by atoms with Gasteiger partial charge < -0.3 is 10.6 Å². The zero-order chi connectivity index (χ0) is 14.5. The lowest BCUT2D eigenvalue weighted by molar-refractivity contribution is 0.607. The standard InChI is InChI=1S/C17H27BrN2/c1-3-16(19)11-14-8-9-15(18)12-17(14)20-10-6-4-5-7-13(20)2/h8-9,12-13,16H,3-7,10-11,19H2,1-2H3. The molecule has 0 amide bonds. The maximum absolute atomic E-state index is 6.18. The largest absolute Gasteiger partial charge is 0.369 e. The minimum atomic E-state index is 0.261. The van der Waals surface area contributed by atoms with E-state index in [4.69, 9.17) is 5.73 Å². The van der Waals surface area contributed by atoms with Gasteiger partial charge >= 0.3 is 0 Å². The molecule has 1 heterocycles. The summed E-state index contributed by atoms with van der Waals surface area (Å²) in [5.41, 5.74) is 8.96. The van der Waals surface area contributed by atoms with Gasteiger partial charge in [-0.25, -0.2) is 0 Å². The zero-order valence-corrected chi connectivity index (χ0v) is 14.3. The molecule has 0 radical (unpaired) electrons. The van der Waals surface area contributed by atoms with Crippen LogP contribution in [0.2, 0.25) is 0 Å². The third-order valence-corrected chi connectivity index (χ3v) is 4.91. The molecule has 1 saturated heterocycles. The quantitative estimate of drug-likeness (QED) is 0.875. The van der Waals surface area contributed by atoms with Gasteiger partial charge in [0.15, 0.2) is 0 Å². The Hall–Kier alpha value is -0.540. The zero-order valence-electron chi connectivity index (χ0n) is 12.7. The van der Waals surface area contributed by atoms with E-state index in [-0.39, 0.29) is 6.04 Å². The lowest BCUT2D eigenvalue weighted by Gasteiger charge is -2.32. The van der Waals surface area contributed by atoms with Crippen LogP contribution in [-0.2, 0) is 6.42 Å². The van der Waals surface area contributed by atoms with Gasteiger partial charge in [-0.3, -0.25) is 0 Å². The van der Waals surface area contributed by atoms with Crippen LogP contribution < -0.4 is 10.6 Å². The minimum Gasteiger partial charge on any atom is -0.369 e. The van der Waals surface area contributed by atoms with Crippen molar-refractivity contribution in [3.8, 4) is 0 Å². The molecular formula is C17H27BrN2. The van der Waals surface area contributed by atoms with Gasteiger partial charge in [0.25, 0.3) is 0 Å². The van der Waals surface area contributed by atoms with Crippen LogP contribution in [0.5, 0.6) is 0 Å². The molecule has 0 bridgehead atoms. The fourth-order valence-corrected chi connectivity index (χ4v) is 3.39. The topological polar surface area (TPSA) is 29.3 Å². The van der Waals surface area contributed by atoms with Crippen molar-refractivity contribution in [1.29, 1.82) is 0 Å². The summed E-state index contributed by atoms with van der Waals surface area (Å²) in [5, 5.41) is 0. The van der Waals surface area contributed by atoms with E-state index in [9.17, 15) is 0 Å². The first kappa shape index (κ1) is 15.8.